The summed E-state index contributed by atoms with van der Waals surface area (Å²) in [6.07, 6.45) is 1.40. The van der Waals surface area contributed by atoms with Gasteiger partial charge in [0.1, 0.15) is 18.1 Å². The van der Waals surface area contributed by atoms with Gasteiger partial charge in [0.25, 0.3) is 0 Å². The molecule has 0 fully saturated rings. The molecule has 0 N–H and O–H groups in total. The Kier molecular flexibility index (Phi) is 5.18. The highest BCUT2D eigenvalue weighted by atomic mass is 32.1. The Labute approximate surface area is 140 Å². The van der Waals surface area contributed by atoms with E-state index in [1.54, 1.807) is 11.3 Å². The molecule has 0 spiro atoms. The van der Waals surface area contributed by atoms with Crippen LogP contribution in [0.25, 0.3) is 0 Å². The van der Waals surface area contributed by atoms with Crippen LogP contribution in [0.15, 0.2) is 35.7 Å². The number of hydrogen-bond acceptors (Lipinski definition) is 5. The zero-order valence-electron chi connectivity index (χ0n) is 13.1. The van der Waals surface area contributed by atoms with Crippen LogP contribution in [0.5, 0.6) is 11.5 Å². The fourth-order valence-corrected chi connectivity index (χ4v) is 3.29. The first-order chi connectivity index (χ1) is 11.3. The number of carbonyl (C=O) groups is 1. The van der Waals surface area contributed by atoms with Crippen molar-refractivity contribution in [2.45, 2.75) is 19.8 Å². The molecule has 4 nitrogen and oxygen atoms in total. The molecular weight excluding hydrogens is 312 g/mol. The van der Waals surface area contributed by atoms with E-state index >= 15 is 0 Å². The van der Waals surface area contributed by atoms with Crippen LogP contribution in [-0.4, -0.2) is 25.8 Å². The van der Waals surface area contributed by atoms with Gasteiger partial charge in [-0.2, -0.15) is 0 Å². The quantitative estimate of drug-likeness (QED) is 0.760. The Morgan fingerprint density at radius 3 is 3.09 bits per heavy atom. The first kappa shape index (κ1) is 15.9. The lowest BCUT2D eigenvalue weighted by Crippen LogP contribution is -2.30. The Bertz CT molecular complexity index is 651. The summed E-state index contributed by atoms with van der Waals surface area (Å²) < 4.78 is 16.6. The second-order valence-electron chi connectivity index (χ2n) is 5.41. The third-order valence-electron chi connectivity index (χ3n) is 3.76. The van der Waals surface area contributed by atoms with E-state index in [1.165, 1.54) is 4.88 Å². The van der Waals surface area contributed by atoms with Crippen molar-refractivity contribution < 1.29 is 19.0 Å². The Morgan fingerprint density at radius 2 is 2.30 bits per heavy atom. The smallest absolute Gasteiger partial charge is 0.312 e. The molecule has 1 atom stereocenters. The minimum Gasteiger partial charge on any atom is -0.494 e. The van der Waals surface area contributed by atoms with Gasteiger partial charge in [0.05, 0.1) is 19.1 Å². The number of carbonyl (C=O) groups excluding carboxylic acids is 1. The molecule has 0 saturated heterocycles. The van der Waals surface area contributed by atoms with Gasteiger partial charge in [-0.05, 0) is 48.6 Å². The van der Waals surface area contributed by atoms with E-state index in [2.05, 4.69) is 0 Å². The summed E-state index contributed by atoms with van der Waals surface area (Å²) in [4.78, 5) is 13.4. The van der Waals surface area contributed by atoms with Crippen LogP contribution in [0.3, 0.4) is 0 Å². The van der Waals surface area contributed by atoms with Crippen molar-refractivity contribution in [3.05, 3.63) is 46.2 Å². The van der Waals surface area contributed by atoms with Gasteiger partial charge in [0.2, 0.25) is 0 Å². The van der Waals surface area contributed by atoms with Gasteiger partial charge >= 0.3 is 5.97 Å². The summed E-state index contributed by atoms with van der Waals surface area (Å²) in [6, 6.07) is 9.79. The summed E-state index contributed by atoms with van der Waals surface area (Å²) in [5, 5.41) is 2.03. The predicted molar refractivity (Wildman–Crippen MR) is 89.3 cm³/mol. The summed E-state index contributed by atoms with van der Waals surface area (Å²) >= 11 is 1.68. The maximum atomic E-state index is 12.2. The topological polar surface area (TPSA) is 44.8 Å². The van der Waals surface area contributed by atoms with Gasteiger partial charge in [-0.3, -0.25) is 4.79 Å². The molecule has 0 bridgehead atoms. The number of ether oxygens (including phenoxy) is 3. The van der Waals surface area contributed by atoms with Gasteiger partial charge in [-0.1, -0.05) is 6.07 Å². The summed E-state index contributed by atoms with van der Waals surface area (Å²) in [6.45, 7) is 3.36. The predicted octanol–water partition coefficient (Wildman–Crippen LogP) is 3.48. The minimum absolute atomic E-state index is 0.186. The molecule has 0 saturated carbocycles. The van der Waals surface area contributed by atoms with E-state index in [1.807, 2.05) is 42.6 Å². The molecule has 1 aromatic heterocycles. The van der Waals surface area contributed by atoms with E-state index in [0.29, 0.717) is 26.2 Å². The lowest BCUT2D eigenvalue weighted by Gasteiger charge is -2.24. The fourth-order valence-electron chi connectivity index (χ4n) is 2.60. The second-order valence-corrected chi connectivity index (χ2v) is 6.44. The molecule has 23 heavy (non-hydrogen) atoms. The molecular formula is C18H20O4S. The molecule has 1 aliphatic heterocycles. The largest absolute Gasteiger partial charge is 0.494 e. The van der Waals surface area contributed by atoms with Crippen LogP contribution >= 0.6 is 11.3 Å². The van der Waals surface area contributed by atoms with E-state index in [4.69, 9.17) is 14.2 Å². The third kappa shape index (κ3) is 4.05. The van der Waals surface area contributed by atoms with Gasteiger partial charge in [-0.15, -0.1) is 11.3 Å². The SMILES string of the molecule is CCOc1ccc2c(c1)CC(C(=O)OCCc1cccs1)CO2. The zero-order valence-corrected chi connectivity index (χ0v) is 13.9. The average molecular weight is 332 g/mol. The third-order valence-corrected chi connectivity index (χ3v) is 4.69. The number of thiophene rings is 1. The van der Waals surface area contributed by atoms with Crippen molar-refractivity contribution in [1.82, 2.24) is 0 Å². The van der Waals surface area contributed by atoms with Crippen molar-refractivity contribution in [2.24, 2.45) is 5.92 Å². The number of benzene rings is 1. The van der Waals surface area contributed by atoms with Crippen molar-refractivity contribution in [3.8, 4) is 11.5 Å². The number of fused-ring (bicyclic) bond motifs is 1. The molecule has 1 aromatic carbocycles. The fraction of sp³-hybridized carbons (Fsp3) is 0.389. The van der Waals surface area contributed by atoms with Crippen LogP contribution < -0.4 is 9.47 Å². The summed E-state index contributed by atoms with van der Waals surface area (Å²) in [7, 11) is 0. The normalized spacial score (nSPS) is 16.3. The second kappa shape index (κ2) is 7.51. The molecule has 0 aliphatic carbocycles. The monoisotopic (exact) mass is 332 g/mol. The van der Waals surface area contributed by atoms with Crippen molar-refractivity contribution in [1.29, 1.82) is 0 Å². The minimum atomic E-state index is -0.247. The molecule has 122 valence electrons. The zero-order chi connectivity index (χ0) is 16.1. The van der Waals surface area contributed by atoms with E-state index in [9.17, 15) is 4.79 Å². The molecule has 5 heteroatoms. The lowest BCUT2D eigenvalue weighted by atomic mass is 9.96. The average Bonchev–Trinajstić information content (AvgIpc) is 3.08. The molecule has 3 rings (SSSR count). The van der Waals surface area contributed by atoms with Crippen molar-refractivity contribution in [3.63, 3.8) is 0 Å². The molecule has 1 unspecified atom stereocenters. The van der Waals surface area contributed by atoms with Gasteiger partial charge < -0.3 is 14.2 Å². The van der Waals surface area contributed by atoms with E-state index in [-0.39, 0.29) is 11.9 Å². The molecule has 0 amide bonds. The van der Waals surface area contributed by atoms with Crippen LogP contribution in [0.4, 0.5) is 0 Å². The lowest BCUT2D eigenvalue weighted by molar-refractivity contribution is -0.149. The standard InChI is InChI=1S/C18H20O4S/c1-2-20-15-5-6-17-13(11-15)10-14(12-22-17)18(19)21-8-7-16-4-3-9-23-16/h3-6,9,11,14H,2,7-8,10,12H2,1H3. The number of esters is 1. The highest BCUT2D eigenvalue weighted by molar-refractivity contribution is 7.09. The number of hydrogen-bond donors (Lipinski definition) is 0. The van der Waals surface area contributed by atoms with Crippen LogP contribution in [0, 0.1) is 5.92 Å². The highest BCUT2D eigenvalue weighted by Gasteiger charge is 2.27. The summed E-state index contributed by atoms with van der Waals surface area (Å²) in [5.74, 6) is 1.20. The van der Waals surface area contributed by atoms with E-state index < -0.39 is 0 Å². The molecule has 2 aromatic rings. The first-order valence-corrected chi connectivity index (χ1v) is 8.71. The Morgan fingerprint density at radius 1 is 1.39 bits per heavy atom. The maximum Gasteiger partial charge on any atom is 0.312 e. The van der Waals surface area contributed by atoms with Crippen molar-refractivity contribution in [2.75, 3.05) is 19.8 Å². The van der Waals surface area contributed by atoms with Gasteiger partial charge in [-0.25, -0.2) is 0 Å². The van der Waals surface area contributed by atoms with Crippen LogP contribution in [0.1, 0.15) is 17.4 Å². The summed E-state index contributed by atoms with van der Waals surface area (Å²) in [5.41, 5.74) is 1.00. The Balaban J connectivity index is 1.55. The number of rotatable bonds is 6. The molecule has 0 radical (unpaired) electrons. The molecule has 2 heterocycles. The van der Waals surface area contributed by atoms with Crippen LogP contribution in [-0.2, 0) is 22.4 Å². The van der Waals surface area contributed by atoms with Gasteiger partial charge in [0, 0.05) is 11.3 Å². The maximum absolute atomic E-state index is 12.2. The van der Waals surface area contributed by atoms with E-state index in [0.717, 1.165) is 23.5 Å². The highest BCUT2D eigenvalue weighted by Crippen LogP contribution is 2.31. The Hall–Kier alpha value is -2.01. The van der Waals surface area contributed by atoms with Crippen LogP contribution in [0.2, 0.25) is 0 Å². The van der Waals surface area contributed by atoms with Gasteiger partial charge in [0.15, 0.2) is 0 Å². The molecule has 1 aliphatic rings. The van der Waals surface area contributed by atoms with Crippen molar-refractivity contribution >= 4 is 17.3 Å². The first-order valence-electron chi connectivity index (χ1n) is 7.84.